The van der Waals surface area contributed by atoms with Crippen molar-refractivity contribution in [3.63, 3.8) is 0 Å². The van der Waals surface area contributed by atoms with Gasteiger partial charge in [0.25, 0.3) is 0 Å². The maximum atomic E-state index is 12.0. The van der Waals surface area contributed by atoms with Gasteiger partial charge in [-0.2, -0.15) is 0 Å². The second kappa shape index (κ2) is 5.40. The van der Waals surface area contributed by atoms with Gasteiger partial charge in [-0.05, 0) is 18.6 Å². The van der Waals surface area contributed by atoms with E-state index >= 15 is 0 Å². The van der Waals surface area contributed by atoms with Crippen molar-refractivity contribution in [1.29, 1.82) is 0 Å². The lowest BCUT2D eigenvalue weighted by molar-refractivity contribution is -0.123. The Morgan fingerprint density at radius 1 is 1.30 bits per heavy atom. The summed E-state index contributed by atoms with van der Waals surface area (Å²) in [4.78, 5) is 24.8. The van der Waals surface area contributed by atoms with Crippen LogP contribution in [0.3, 0.4) is 0 Å². The van der Waals surface area contributed by atoms with Crippen molar-refractivity contribution in [3.8, 4) is 11.5 Å². The molecule has 6 nitrogen and oxygen atoms in total. The third-order valence-electron chi connectivity index (χ3n) is 3.52. The highest BCUT2D eigenvalue weighted by Crippen LogP contribution is 2.36. The highest BCUT2D eigenvalue weighted by atomic mass is 16.5. The van der Waals surface area contributed by atoms with Crippen molar-refractivity contribution in [2.24, 2.45) is 11.7 Å². The van der Waals surface area contributed by atoms with Gasteiger partial charge in [0.15, 0.2) is 11.5 Å². The van der Waals surface area contributed by atoms with Crippen LogP contribution in [0.4, 0.5) is 5.69 Å². The van der Waals surface area contributed by atoms with E-state index in [0.717, 1.165) is 11.3 Å². The van der Waals surface area contributed by atoms with Crippen LogP contribution in [0.15, 0.2) is 12.1 Å². The number of hydrogen-bond acceptors (Lipinski definition) is 4. The van der Waals surface area contributed by atoms with Gasteiger partial charge in [-0.3, -0.25) is 9.59 Å². The number of amides is 2. The SMILES string of the molecule is COc1cc(C)c(N2CC(C(N)=O)CC2=O)cc1OC. The molecule has 2 amide bonds. The molecule has 20 heavy (non-hydrogen) atoms. The van der Waals surface area contributed by atoms with Gasteiger partial charge in [-0.15, -0.1) is 0 Å². The van der Waals surface area contributed by atoms with Gasteiger partial charge in [0.1, 0.15) is 0 Å². The first-order chi connectivity index (χ1) is 9.47. The Morgan fingerprint density at radius 3 is 2.40 bits per heavy atom. The van der Waals surface area contributed by atoms with Crippen LogP contribution in [0.1, 0.15) is 12.0 Å². The van der Waals surface area contributed by atoms with E-state index in [0.29, 0.717) is 18.0 Å². The Bertz CT molecular complexity index is 556. The molecule has 0 aliphatic carbocycles. The number of carbonyl (C=O) groups is 2. The van der Waals surface area contributed by atoms with E-state index in [1.165, 1.54) is 7.11 Å². The number of hydrogen-bond donors (Lipinski definition) is 1. The van der Waals surface area contributed by atoms with E-state index in [2.05, 4.69) is 0 Å². The second-order valence-electron chi connectivity index (χ2n) is 4.80. The number of carbonyl (C=O) groups excluding carboxylic acids is 2. The zero-order valence-electron chi connectivity index (χ0n) is 11.8. The standard InChI is InChI=1S/C14H18N2O4/c1-8-4-11(19-2)12(20-3)6-10(8)16-7-9(14(15)18)5-13(16)17/h4,6,9H,5,7H2,1-3H3,(H2,15,18). The van der Waals surface area contributed by atoms with E-state index < -0.39 is 11.8 Å². The monoisotopic (exact) mass is 278 g/mol. The number of methoxy groups -OCH3 is 2. The number of ether oxygens (including phenoxy) is 2. The van der Waals surface area contributed by atoms with Crippen LogP contribution < -0.4 is 20.1 Å². The lowest BCUT2D eigenvalue weighted by atomic mass is 10.1. The molecule has 1 aromatic carbocycles. The van der Waals surface area contributed by atoms with Gasteiger partial charge < -0.3 is 20.1 Å². The zero-order chi connectivity index (χ0) is 14.9. The number of aryl methyl sites for hydroxylation is 1. The van der Waals surface area contributed by atoms with Crippen molar-refractivity contribution in [1.82, 2.24) is 0 Å². The highest BCUT2D eigenvalue weighted by Gasteiger charge is 2.34. The van der Waals surface area contributed by atoms with E-state index in [1.807, 2.05) is 6.92 Å². The minimum absolute atomic E-state index is 0.107. The average Bonchev–Trinajstić information content (AvgIpc) is 2.80. The first kappa shape index (κ1) is 14.2. The smallest absolute Gasteiger partial charge is 0.227 e. The molecule has 0 bridgehead atoms. The Balaban J connectivity index is 2.38. The lowest BCUT2D eigenvalue weighted by Crippen LogP contribution is -2.28. The van der Waals surface area contributed by atoms with E-state index in [-0.39, 0.29) is 12.3 Å². The summed E-state index contributed by atoms with van der Waals surface area (Å²) in [5.41, 5.74) is 6.87. The van der Waals surface area contributed by atoms with Gasteiger partial charge >= 0.3 is 0 Å². The number of rotatable bonds is 4. The summed E-state index contributed by atoms with van der Waals surface area (Å²) in [6.07, 6.45) is 0.156. The summed E-state index contributed by atoms with van der Waals surface area (Å²) in [5, 5.41) is 0. The molecule has 1 aliphatic heterocycles. The zero-order valence-corrected chi connectivity index (χ0v) is 11.8. The predicted molar refractivity (Wildman–Crippen MR) is 73.9 cm³/mol. The summed E-state index contributed by atoms with van der Waals surface area (Å²) in [7, 11) is 3.09. The van der Waals surface area contributed by atoms with Crippen LogP contribution >= 0.6 is 0 Å². The summed E-state index contributed by atoms with van der Waals surface area (Å²) >= 11 is 0. The molecule has 6 heteroatoms. The van der Waals surface area contributed by atoms with Gasteiger partial charge in [0, 0.05) is 19.0 Å². The molecule has 1 saturated heterocycles. The Kier molecular flexibility index (Phi) is 3.83. The average molecular weight is 278 g/mol. The number of nitrogens with zero attached hydrogens (tertiary/aromatic N) is 1. The highest BCUT2D eigenvalue weighted by molar-refractivity contribution is 6.00. The van der Waals surface area contributed by atoms with Gasteiger partial charge in [0.05, 0.1) is 25.8 Å². The Hall–Kier alpha value is -2.24. The molecule has 0 saturated carbocycles. The molecule has 0 spiro atoms. The lowest BCUT2D eigenvalue weighted by Gasteiger charge is -2.21. The molecule has 1 aromatic rings. The van der Waals surface area contributed by atoms with Crippen molar-refractivity contribution in [2.45, 2.75) is 13.3 Å². The summed E-state index contributed by atoms with van der Waals surface area (Å²) in [5.74, 6) is 0.161. The molecule has 2 rings (SSSR count). The molecule has 0 radical (unpaired) electrons. The molecule has 1 unspecified atom stereocenters. The van der Waals surface area contributed by atoms with Crippen LogP contribution in [0.25, 0.3) is 0 Å². The summed E-state index contributed by atoms with van der Waals surface area (Å²) in [6.45, 7) is 2.19. The fourth-order valence-corrected chi connectivity index (χ4v) is 2.39. The third kappa shape index (κ3) is 2.41. The summed E-state index contributed by atoms with van der Waals surface area (Å²) in [6, 6.07) is 3.55. The van der Waals surface area contributed by atoms with Crippen LogP contribution in [-0.2, 0) is 9.59 Å². The van der Waals surface area contributed by atoms with Crippen LogP contribution in [0.2, 0.25) is 0 Å². The second-order valence-corrected chi connectivity index (χ2v) is 4.80. The van der Waals surface area contributed by atoms with Crippen LogP contribution in [0.5, 0.6) is 11.5 Å². The molecule has 2 N–H and O–H groups in total. The topological polar surface area (TPSA) is 81.9 Å². The quantitative estimate of drug-likeness (QED) is 0.885. The molecular formula is C14H18N2O4. The maximum Gasteiger partial charge on any atom is 0.227 e. The molecule has 1 aliphatic rings. The third-order valence-corrected chi connectivity index (χ3v) is 3.52. The van der Waals surface area contributed by atoms with Gasteiger partial charge in [-0.1, -0.05) is 0 Å². The van der Waals surface area contributed by atoms with Crippen LogP contribution in [0, 0.1) is 12.8 Å². The molecule has 1 fully saturated rings. The van der Waals surface area contributed by atoms with Crippen molar-refractivity contribution in [2.75, 3.05) is 25.7 Å². The number of benzene rings is 1. The fraction of sp³-hybridized carbons (Fsp3) is 0.429. The normalized spacial score (nSPS) is 18.2. The minimum atomic E-state index is -0.445. The van der Waals surface area contributed by atoms with Crippen LogP contribution in [-0.4, -0.2) is 32.6 Å². The first-order valence-electron chi connectivity index (χ1n) is 6.30. The van der Waals surface area contributed by atoms with Gasteiger partial charge in [0.2, 0.25) is 11.8 Å². The van der Waals surface area contributed by atoms with Gasteiger partial charge in [-0.25, -0.2) is 0 Å². The fourth-order valence-electron chi connectivity index (χ4n) is 2.39. The molecule has 108 valence electrons. The molecule has 0 aromatic heterocycles. The maximum absolute atomic E-state index is 12.0. The predicted octanol–water partition coefficient (Wildman–Crippen LogP) is 0.850. The number of anilines is 1. The largest absolute Gasteiger partial charge is 0.493 e. The first-order valence-corrected chi connectivity index (χ1v) is 6.30. The Labute approximate surface area is 117 Å². The van der Waals surface area contributed by atoms with E-state index in [4.69, 9.17) is 15.2 Å². The number of nitrogens with two attached hydrogens (primary N) is 1. The van der Waals surface area contributed by atoms with E-state index in [1.54, 1.807) is 24.1 Å². The number of primary amides is 1. The van der Waals surface area contributed by atoms with Crippen molar-refractivity contribution in [3.05, 3.63) is 17.7 Å². The van der Waals surface area contributed by atoms with E-state index in [9.17, 15) is 9.59 Å². The molecular weight excluding hydrogens is 260 g/mol. The molecule has 1 heterocycles. The Morgan fingerprint density at radius 2 is 1.90 bits per heavy atom. The summed E-state index contributed by atoms with van der Waals surface area (Å²) < 4.78 is 10.5. The molecule has 1 atom stereocenters. The van der Waals surface area contributed by atoms with Crippen molar-refractivity contribution >= 4 is 17.5 Å². The minimum Gasteiger partial charge on any atom is -0.493 e. The van der Waals surface area contributed by atoms with Crippen molar-refractivity contribution < 1.29 is 19.1 Å².